The monoisotopic (exact) mass is 207 g/mol. The number of nitrogens with two attached hydrogens (primary N) is 1. The molecule has 0 amide bonds. The van der Waals surface area contributed by atoms with Gasteiger partial charge in [0.15, 0.2) is 0 Å². The molecule has 0 radical (unpaired) electrons. The van der Waals surface area contributed by atoms with Gasteiger partial charge in [0.1, 0.15) is 5.84 Å². The van der Waals surface area contributed by atoms with Gasteiger partial charge in [-0.05, 0) is 12.5 Å². The Morgan fingerprint density at radius 1 is 1.47 bits per heavy atom. The summed E-state index contributed by atoms with van der Waals surface area (Å²) in [7, 11) is 0. The third-order valence-corrected chi connectivity index (χ3v) is 2.14. The van der Waals surface area contributed by atoms with Gasteiger partial charge in [0, 0.05) is 19.0 Å². The highest BCUT2D eigenvalue weighted by Gasteiger charge is 2.03. The van der Waals surface area contributed by atoms with Gasteiger partial charge in [0.05, 0.1) is 0 Å². The molecule has 0 aliphatic rings. The standard InChI is InChI=1S/C11H17N3O/c1-9(7-11(12)14-15)13-8-10-5-3-2-4-6-10/h2-6,9,13,15H,7-8H2,1H3,(H2,12,14). The van der Waals surface area contributed by atoms with E-state index >= 15 is 0 Å². The second kappa shape index (κ2) is 6.03. The van der Waals surface area contributed by atoms with Crippen LogP contribution >= 0.6 is 0 Å². The Labute approximate surface area is 89.8 Å². The molecule has 0 aromatic heterocycles. The minimum absolute atomic E-state index is 0.195. The van der Waals surface area contributed by atoms with E-state index in [9.17, 15) is 0 Å². The van der Waals surface area contributed by atoms with Gasteiger partial charge in [-0.2, -0.15) is 0 Å². The number of rotatable bonds is 5. The fourth-order valence-corrected chi connectivity index (χ4v) is 1.31. The molecule has 0 aliphatic carbocycles. The number of hydrogen-bond acceptors (Lipinski definition) is 3. The number of benzene rings is 1. The smallest absolute Gasteiger partial charge is 0.140 e. The van der Waals surface area contributed by atoms with Gasteiger partial charge in [-0.25, -0.2) is 0 Å². The summed E-state index contributed by atoms with van der Waals surface area (Å²) in [6.45, 7) is 2.79. The van der Waals surface area contributed by atoms with E-state index in [4.69, 9.17) is 10.9 Å². The molecule has 1 unspecified atom stereocenters. The fourth-order valence-electron chi connectivity index (χ4n) is 1.31. The molecule has 4 N–H and O–H groups in total. The fraction of sp³-hybridized carbons (Fsp3) is 0.364. The van der Waals surface area contributed by atoms with E-state index in [1.54, 1.807) is 0 Å². The zero-order chi connectivity index (χ0) is 11.1. The Bertz CT molecular complexity index is 311. The van der Waals surface area contributed by atoms with E-state index in [1.807, 2.05) is 25.1 Å². The van der Waals surface area contributed by atoms with Crippen LogP contribution in [0.3, 0.4) is 0 Å². The van der Waals surface area contributed by atoms with E-state index in [2.05, 4.69) is 22.6 Å². The van der Waals surface area contributed by atoms with Crippen LogP contribution in [0.5, 0.6) is 0 Å². The number of nitrogens with zero attached hydrogens (tertiary/aromatic N) is 1. The number of amidine groups is 1. The Hall–Kier alpha value is -1.55. The van der Waals surface area contributed by atoms with Crippen LogP contribution in [-0.4, -0.2) is 17.1 Å². The number of nitrogens with one attached hydrogen (secondary N) is 1. The molecule has 4 nitrogen and oxygen atoms in total. The van der Waals surface area contributed by atoms with Crippen molar-refractivity contribution in [1.82, 2.24) is 5.32 Å². The average Bonchev–Trinajstić information content (AvgIpc) is 2.27. The minimum Gasteiger partial charge on any atom is -0.409 e. The quantitative estimate of drug-likeness (QED) is 0.295. The topological polar surface area (TPSA) is 70.6 Å². The lowest BCUT2D eigenvalue weighted by Crippen LogP contribution is -2.30. The van der Waals surface area contributed by atoms with Crippen LogP contribution in [0.4, 0.5) is 0 Å². The second-order valence-electron chi connectivity index (χ2n) is 3.56. The Kier molecular flexibility index (Phi) is 4.63. The lowest BCUT2D eigenvalue weighted by molar-refractivity contribution is 0.316. The first kappa shape index (κ1) is 11.5. The first-order valence-electron chi connectivity index (χ1n) is 4.96. The van der Waals surface area contributed by atoms with Gasteiger partial charge in [0.2, 0.25) is 0 Å². The highest BCUT2D eigenvalue weighted by Crippen LogP contribution is 1.99. The molecule has 4 heteroatoms. The summed E-state index contributed by atoms with van der Waals surface area (Å²) in [5.74, 6) is 0.253. The van der Waals surface area contributed by atoms with Crippen molar-refractivity contribution in [3.63, 3.8) is 0 Å². The summed E-state index contributed by atoms with van der Waals surface area (Å²) in [5.41, 5.74) is 6.63. The summed E-state index contributed by atoms with van der Waals surface area (Å²) in [6, 6.07) is 10.3. The predicted octanol–water partition coefficient (Wildman–Crippen LogP) is 1.30. The molecule has 1 aromatic rings. The molecular formula is C11H17N3O. The van der Waals surface area contributed by atoms with Crippen molar-refractivity contribution in [3.05, 3.63) is 35.9 Å². The Morgan fingerprint density at radius 2 is 2.13 bits per heavy atom. The van der Waals surface area contributed by atoms with Gasteiger partial charge in [-0.3, -0.25) is 0 Å². The van der Waals surface area contributed by atoms with Crippen LogP contribution in [0.1, 0.15) is 18.9 Å². The lowest BCUT2D eigenvalue weighted by Gasteiger charge is -2.12. The second-order valence-corrected chi connectivity index (χ2v) is 3.56. The molecular weight excluding hydrogens is 190 g/mol. The first-order chi connectivity index (χ1) is 7.22. The molecule has 0 spiro atoms. The van der Waals surface area contributed by atoms with Crippen LogP contribution < -0.4 is 11.1 Å². The maximum absolute atomic E-state index is 8.40. The zero-order valence-electron chi connectivity index (χ0n) is 8.85. The van der Waals surface area contributed by atoms with E-state index < -0.39 is 0 Å². The molecule has 0 heterocycles. The van der Waals surface area contributed by atoms with Crippen molar-refractivity contribution in [3.8, 4) is 0 Å². The van der Waals surface area contributed by atoms with Crippen LogP contribution in [0.25, 0.3) is 0 Å². The largest absolute Gasteiger partial charge is 0.409 e. The van der Waals surface area contributed by atoms with Crippen LogP contribution in [0, 0.1) is 0 Å². The van der Waals surface area contributed by atoms with Gasteiger partial charge in [-0.15, -0.1) is 0 Å². The van der Waals surface area contributed by atoms with Crippen LogP contribution in [0.2, 0.25) is 0 Å². The molecule has 0 bridgehead atoms. The highest BCUT2D eigenvalue weighted by molar-refractivity contribution is 5.80. The van der Waals surface area contributed by atoms with Gasteiger partial charge >= 0.3 is 0 Å². The van der Waals surface area contributed by atoms with Crippen molar-refractivity contribution >= 4 is 5.84 Å². The van der Waals surface area contributed by atoms with Crippen molar-refractivity contribution in [1.29, 1.82) is 0 Å². The lowest BCUT2D eigenvalue weighted by atomic mass is 10.2. The summed E-state index contributed by atoms with van der Waals surface area (Å²) in [5, 5.41) is 14.6. The molecule has 82 valence electrons. The summed E-state index contributed by atoms with van der Waals surface area (Å²) in [4.78, 5) is 0. The van der Waals surface area contributed by atoms with E-state index in [1.165, 1.54) is 5.56 Å². The van der Waals surface area contributed by atoms with Crippen molar-refractivity contribution in [2.24, 2.45) is 10.9 Å². The van der Waals surface area contributed by atoms with Crippen molar-refractivity contribution in [2.75, 3.05) is 0 Å². The predicted molar refractivity (Wildman–Crippen MR) is 60.8 cm³/mol. The van der Waals surface area contributed by atoms with Gasteiger partial charge < -0.3 is 16.3 Å². The maximum atomic E-state index is 8.40. The molecule has 15 heavy (non-hydrogen) atoms. The van der Waals surface area contributed by atoms with E-state index in [-0.39, 0.29) is 11.9 Å². The van der Waals surface area contributed by atoms with Crippen LogP contribution in [-0.2, 0) is 6.54 Å². The summed E-state index contributed by atoms with van der Waals surface area (Å²) < 4.78 is 0. The SMILES string of the molecule is CC(CC(N)=NO)NCc1ccccc1. The number of hydrogen-bond donors (Lipinski definition) is 3. The molecule has 1 aromatic carbocycles. The first-order valence-corrected chi connectivity index (χ1v) is 4.96. The van der Waals surface area contributed by atoms with Crippen LogP contribution in [0.15, 0.2) is 35.5 Å². The molecule has 0 aliphatic heterocycles. The normalized spacial score (nSPS) is 13.8. The van der Waals surface area contributed by atoms with Crippen molar-refractivity contribution < 1.29 is 5.21 Å². The Balaban J connectivity index is 2.31. The zero-order valence-corrected chi connectivity index (χ0v) is 8.85. The summed E-state index contributed by atoms with van der Waals surface area (Å²) >= 11 is 0. The third-order valence-electron chi connectivity index (χ3n) is 2.14. The molecule has 0 fully saturated rings. The average molecular weight is 207 g/mol. The summed E-state index contributed by atoms with van der Waals surface area (Å²) in [6.07, 6.45) is 0.545. The third kappa shape index (κ3) is 4.46. The Morgan fingerprint density at radius 3 is 2.73 bits per heavy atom. The maximum Gasteiger partial charge on any atom is 0.140 e. The minimum atomic E-state index is 0.195. The molecule has 0 saturated carbocycles. The molecule has 0 saturated heterocycles. The van der Waals surface area contributed by atoms with Gasteiger partial charge in [-0.1, -0.05) is 35.5 Å². The van der Waals surface area contributed by atoms with E-state index in [0.717, 1.165) is 6.54 Å². The van der Waals surface area contributed by atoms with Crippen molar-refractivity contribution in [2.45, 2.75) is 25.9 Å². The molecule has 1 rings (SSSR count). The number of oxime groups is 1. The molecule has 1 atom stereocenters. The highest BCUT2D eigenvalue weighted by atomic mass is 16.4. The van der Waals surface area contributed by atoms with E-state index in [0.29, 0.717) is 6.42 Å². The van der Waals surface area contributed by atoms with Gasteiger partial charge in [0.25, 0.3) is 0 Å².